The number of hydrogen-bond donors (Lipinski definition) is 2. The van der Waals surface area contributed by atoms with Gasteiger partial charge in [-0.15, -0.1) is 0 Å². The number of primary amides is 1. The maximum absolute atomic E-state index is 11.9. The van der Waals surface area contributed by atoms with Gasteiger partial charge in [0.25, 0.3) is 10.8 Å². The summed E-state index contributed by atoms with van der Waals surface area (Å²) in [7, 11) is 0. The van der Waals surface area contributed by atoms with E-state index in [1.807, 2.05) is 18.2 Å². The van der Waals surface area contributed by atoms with Crippen molar-refractivity contribution in [2.45, 2.75) is 17.7 Å². The lowest BCUT2D eigenvalue weighted by atomic mass is 9.89. The van der Waals surface area contributed by atoms with Gasteiger partial charge in [-0.3, -0.25) is 9.59 Å². The molecular formula is C14H12N2O2S. The summed E-state index contributed by atoms with van der Waals surface area (Å²) in [6.45, 7) is 0. The highest BCUT2D eigenvalue weighted by Crippen LogP contribution is 2.33. The Morgan fingerprint density at radius 1 is 1.21 bits per heavy atom. The van der Waals surface area contributed by atoms with E-state index in [-0.39, 0.29) is 5.56 Å². The number of aryl methyl sites for hydroxylation is 2. The first kappa shape index (κ1) is 12.0. The Labute approximate surface area is 114 Å². The number of pyridine rings is 1. The molecule has 4 nitrogen and oxygen atoms in total. The monoisotopic (exact) mass is 272 g/mol. The molecule has 1 aliphatic carbocycles. The lowest BCUT2D eigenvalue weighted by molar-refractivity contribution is 0.267. The summed E-state index contributed by atoms with van der Waals surface area (Å²) in [4.78, 5) is 26.0. The number of benzene rings is 1. The standard InChI is InChI=1S/C14H12N2O2S/c15-14(18)19-12-7-10-9-4-2-1-3-8(9)5-6-11(10)16-13(12)17/h1-4,7H,5-6H2,(H2,15,18)(H,16,17). The van der Waals surface area contributed by atoms with E-state index in [0.717, 1.165) is 41.4 Å². The number of carbonyl (C=O) groups is 1. The van der Waals surface area contributed by atoms with Gasteiger partial charge >= 0.3 is 0 Å². The number of thioether (sulfide) groups is 1. The highest BCUT2D eigenvalue weighted by atomic mass is 32.2. The number of aromatic amines is 1. The van der Waals surface area contributed by atoms with Crippen LogP contribution < -0.4 is 11.3 Å². The summed E-state index contributed by atoms with van der Waals surface area (Å²) in [5.74, 6) is 0. The number of hydrogen-bond acceptors (Lipinski definition) is 3. The number of fused-ring (bicyclic) bond motifs is 3. The van der Waals surface area contributed by atoms with Gasteiger partial charge in [-0.1, -0.05) is 24.3 Å². The van der Waals surface area contributed by atoms with Crippen LogP contribution in [0.2, 0.25) is 0 Å². The van der Waals surface area contributed by atoms with Crippen molar-refractivity contribution in [1.29, 1.82) is 0 Å². The smallest absolute Gasteiger partial charge is 0.281 e. The molecule has 2 aromatic rings. The molecule has 19 heavy (non-hydrogen) atoms. The number of carbonyl (C=O) groups excluding carboxylic acids is 1. The van der Waals surface area contributed by atoms with E-state index in [0.29, 0.717) is 4.90 Å². The number of aromatic nitrogens is 1. The number of H-pyrrole nitrogens is 1. The predicted molar refractivity (Wildman–Crippen MR) is 75.3 cm³/mol. The van der Waals surface area contributed by atoms with Gasteiger partial charge in [0.2, 0.25) is 0 Å². The van der Waals surface area contributed by atoms with Crippen LogP contribution in [0.1, 0.15) is 11.3 Å². The maximum Gasteiger partial charge on any atom is 0.281 e. The summed E-state index contributed by atoms with van der Waals surface area (Å²) < 4.78 is 0. The van der Waals surface area contributed by atoms with E-state index >= 15 is 0 Å². The van der Waals surface area contributed by atoms with Crippen LogP contribution in [0.15, 0.2) is 40.0 Å². The van der Waals surface area contributed by atoms with Crippen molar-refractivity contribution in [3.8, 4) is 11.1 Å². The molecule has 5 heteroatoms. The van der Waals surface area contributed by atoms with Crippen molar-refractivity contribution in [2.24, 2.45) is 5.73 Å². The molecular weight excluding hydrogens is 260 g/mol. The fourth-order valence-corrected chi connectivity index (χ4v) is 2.97. The summed E-state index contributed by atoms with van der Waals surface area (Å²) in [6, 6.07) is 9.87. The molecule has 1 heterocycles. The van der Waals surface area contributed by atoms with Crippen molar-refractivity contribution < 1.29 is 4.79 Å². The number of nitrogens with one attached hydrogen (secondary N) is 1. The minimum absolute atomic E-state index is 0.248. The molecule has 1 aromatic heterocycles. The molecule has 0 spiro atoms. The third-order valence-electron chi connectivity index (χ3n) is 3.25. The van der Waals surface area contributed by atoms with E-state index in [1.165, 1.54) is 5.56 Å². The second kappa shape index (κ2) is 4.59. The van der Waals surface area contributed by atoms with Gasteiger partial charge < -0.3 is 10.7 Å². The zero-order valence-electron chi connectivity index (χ0n) is 10.1. The topological polar surface area (TPSA) is 76.0 Å². The largest absolute Gasteiger partial charge is 0.360 e. The number of amides is 1. The molecule has 1 aliphatic rings. The highest BCUT2D eigenvalue weighted by molar-refractivity contribution is 8.13. The lowest BCUT2D eigenvalue weighted by Gasteiger charge is -2.19. The molecule has 1 aromatic carbocycles. The molecule has 0 saturated carbocycles. The van der Waals surface area contributed by atoms with Crippen LogP contribution in [-0.4, -0.2) is 10.2 Å². The van der Waals surface area contributed by atoms with Crippen LogP contribution >= 0.6 is 11.8 Å². The van der Waals surface area contributed by atoms with Crippen LogP contribution in [0.3, 0.4) is 0 Å². The van der Waals surface area contributed by atoms with Gasteiger partial charge in [-0.2, -0.15) is 0 Å². The normalized spacial score (nSPS) is 12.6. The second-order valence-electron chi connectivity index (χ2n) is 4.43. The molecule has 3 N–H and O–H groups in total. The molecule has 0 atom stereocenters. The summed E-state index contributed by atoms with van der Waals surface area (Å²) in [6.07, 6.45) is 1.73. The minimum atomic E-state index is -0.574. The second-order valence-corrected chi connectivity index (χ2v) is 5.48. The summed E-state index contributed by atoms with van der Waals surface area (Å²) >= 11 is 0.768. The molecule has 1 amide bonds. The van der Waals surface area contributed by atoms with Gasteiger partial charge in [0.1, 0.15) is 0 Å². The molecule has 3 rings (SSSR count). The van der Waals surface area contributed by atoms with Crippen LogP contribution in [-0.2, 0) is 12.8 Å². The van der Waals surface area contributed by atoms with Gasteiger partial charge in [-0.05, 0) is 41.8 Å². The molecule has 0 radical (unpaired) electrons. The molecule has 0 fully saturated rings. The van der Waals surface area contributed by atoms with Gasteiger partial charge in [0.05, 0.1) is 4.90 Å². The number of rotatable bonds is 1. The minimum Gasteiger partial charge on any atom is -0.360 e. The SMILES string of the molecule is NC(=O)Sc1cc2c([nH]c1=O)CCc1ccccc1-2. The van der Waals surface area contributed by atoms with Crippen molar-refractivity contribution in [3.05, 3.63) is 51.9 Å². The Kier molecular flexibility index (Phi) is 2.91. The van der Waals surface area contributed by atoms with Crippen molar-refractivity contribution in [3.63, 3.8) is 0 Å². The zero-order valence-corrected chi connectivity index (χ0v) is 10.9. The van der Waals surface area contributed by atoms with Crippen LogP contribution in [0.25, 0.3) is 11.1 Å². The van der Waals surface area contributed by atoms with E-state index < -0.39 is 5.24 Å². The van der Waals surface area contributed by atoms with Crippen LogP contribution in [0.5, 0.6) is 0 Å². The Bertz CT molecular complexity index is 722. The first-order valence-electron chi connectivity index (χ1n) is 5.97. The van der Waals surface area contributed by atoms with Crippen LogP contribution in [0.4, 0.5) is 4.79 Å². The third-order valence-corrected chi connectivity index (χ3v) is 3.98. The molecule has 0 saturated heterocycles. The van der Waals surface area contributed by atoms with E-state index in [2.05, 4.69) is 11.1 Å². The Balaban J connectivity index is 2.18. The zero-order chi connectivity index (χ0) is 13.4. The average Bonchev–Trinajstić information content (AvgIpc) is 2.39. The molecule has 0 aliphatic heterocycles. The van der Waals surface area contributed by atoms with Gasteiger partial charge in [-0.25, -0.2) is 0 Å². The fraction of sp³-hybridized carbons (Fsp3) is 0.143. The fourth-order valence-electron chi connectivity index (χ4n) is 2.43. The third kappa shape index (κ3) is 2.17. The van der Waals surface area contributed by atoms with E-state index in [9.17, 15) is 9.59 Å². The lowest BCUT2D eigenvalue weighted by Crippen LogP contribution is -2.17. The van der Waals surface area contributed by atoms with E-state index in [4.69, 9.17) is 5.73 Å². The van der Waals surface area contributed by atoms with Crippen molar-refractivity contribution in [2.75, 3.05) is 0 Å². The quantitative estimate of drug-likeness (QED) is 0.782. The Morgan fingerprint density at radius 2 is 2.00 bits per heavy atom. The first-order chi connectivity index (χ1) is 9.15. The highest BCUT2D eigenvalue weighted by Gasteiger charge is 2.18. The van der Waals surface area contributed by atoms with Gasteiger partial charge in [0.15, 0.2) is 0 Å². The van der Waals surface area contributed by atoms with Gasteiger partial charge in [0, 0.05) is 11.3 Å². The van der Waals surface area contributed by atoms with Crippen molar-refractivity contribution >= 4 is 17.0 Å². The maximum atomic E-state index is 11.9. The first-order valence-corrected chi connectivity index (χ1v) is 6.78. The molecule has 0 bridgehead atoms. The molecule has 0 unspecified atom stereocenters. The summed E-state index contributed by atoms with van der Waals surface area (Å²) in [5.41, 5.74) is 9.18. The predicted octanol–water partition coefficient (Wildman–Crippen LogP) is 2.31. The number of nitrogens with two attached hydrogens (primary N) is 1. The van der Waals surface area contributed by atoms with Crippen LogP contribution in [0, 0.1) is 0 Å². The summed E-state index contributed by atoms with van der Waals surface area (Å²) in [5, 5.41) is -0.574. The average molecular weight is 272 g/mol. The Hall–Kier alpha value is -2.01. The Morgan fingerprint density at radius 3 is 2.79 bits per heavy atom. The van der Waals surface area contributed by atoms with E-state index in [1.54, 1.807) is 6.07 Å². The van der Waals surface area contributed by atoms with Crippen molar-refractivity contribution in [1.82, 2.24) is 4.98 Å². The molecule has 96 valence electrons.